The van der Waals surface area contributed by atoms with E-state index in [0.717, 1.165) is 64.7 Å². The van der Waals surface area contributed by atoms with Crippen LogP contribution in [0.3, 0.4) is 0 Å². The summed E-state index contributed by atoms with van der Waals surface area (Å²) in [4.78, 5) is 52.3. The van der Waals surface area contributed by atoms with E-state index < -0.39 is 10.8 Å². The number of aryl methyl sites for hydroxylation is 7. The molecule has 0 amide bonds. The number of hydrogen-bond acceptors (Lipinski definition) is 10. The van der Waals surface area contributed by atoms with Crippen molar-refractivity contribution in [3.63, 3.8) is 0 Å². The van der Waals surface area contributed by atoms with Gasteiger partial charge in [0.2, 0.25) is 0 Å². The summed E-state index contributed by atoms with van der Waals surface area (Å²) in [6.07, 6.45) is 2.95. The second-order valence-corrected chi connectivity index (χ2v) is 12.2. The van der Waals surface area contributed by atoms with Crippen LogP contribution in [0.2, 0.25) is 5.15 Å². The van der Waals surface area contributed by atoms with Gasteiger partial charge < -0.3 is 23.7 Å². The van der Waals surface area contributed by atoms with E-state index in [-0.39, 0.29) is 39.9 Å². The molecule has 4 aromatic rings. The number of halogens is 1. The van der Waals surface area contributed by atoms with Gasteiger partial charge >= 0.3 is 19.5 Å². The van der Waals surface area contributed by atoms with E-state index in [1.165, 1.54) is 0 Å². The predicted molar refractivity (Wildman–Crippen MR) is 180 cm³/mol. The van der Waals surface area contributed by atoms with E-state index in [2.05, 4.69) is 29.9 Å². The second kappa shape index (κ2) is 17.2. The molecule has 0 fully saturated rings. The molecule has 2 atom stereocenters. The van der Waals surface area contributed by atoms with Crippen molar-refractivity contribution in [2.45, 2.75) is 92.4 Å². The van der Waals surface area contributed by atoms with Gasteiger partial charge in [-0.2, -0.15) is 0 Å². The SMILES string of the molecule is C.Cc1cc(C2(C)CCc3nc(C)ccc3C2=O)nc(C)n1.Cc1cc(C2(C)CCc3nc(Cl)ccc3C2=O)nc(C)n1.[2HH].[C-]#N.[C-]#N.[Zn+2]. The summed E-state index contributed by atoms with van der Waals surface area (Å²) in [5, 5.41) is 12.9. The van der Waals surface area contributed by atoms with Crippen LogP contribution in [0.4, 0.5) is 0 Å². The van der Waals surface area contributed by atoms with Crippen LogP contribution in [0.1, 0.15) is 108 Å². The summed E-state index contributed by atoms with van der Waals surface area (Å²) in [5.41, 5.74) is 6.24. The second-order valence-electron chi connectivity index (χ2n) is 11.8. The van der Waals surface area contributed by atoms with E-state index in [1.54, 1.807) is 12.1 Å². The Kier molecular flexibility index (Phi) is 14.9. The molecule has 2 unspecified atom stereocenters. The molecular weight excluding hydrogens is 677 g/mol. The molecule has 0 N–H and O–H groups in total. The van der Waals surface area contributed by atoms with E-state index in [9.17, 15) is 9.59 Å². The van der Waals surface area contributed by atoms with Crippen LogP contribution >= 0.6 is 11.6 Å². The Bertz CT molecular complexity index is 1680. The van der Waals surface area contributed by atoms with Gasteiger partial charge in [-0.05, 0) is 111 Å². The third-order valence-electron chi connectivity index (χ3n) is 8.33. The number of rotatable bonds is 2. The van der Waals surface area contributed by atoms with Gasteiger partial charge in [-0.25, -0.2) is 24.9 Å². The molecule has 0 saturated carbocycles. The maximum atomic E-state index is 13.0. The molecule has 0 aliphatic heterocycles. The van der Waals surface area contributed by atoms with Crippen LogP contribution in [-0.4, -0.2) is 41.5 Å². The van der Waals surface area contributed by atoms with Crippen molar-refractivity contribution in [1.29, 1.82) is 10.5 Å². The Morgan fingerprint density at radius 2 is 1.04 bits per heavy atom. The van der Waals surface area contributed by atoms with Crippen LogP contribution in [-0.2, 0) is 43.1 Å². The van der Waals surface area contributed by atoms with Crippen LogP contribution in [0.15, 0.2) is 36.4 Å². The van der Waals surface area contributed by atoms with Crippen molar-refractivity contribution in [3.8, 4) is 0 Å². The Labute approximate surface area is 302 Å². The number of pyridine rings is 2. The minimum absolute atomic E-state index is 0. The zero-order chi connectivity index (χ0) is 34.4. The molecule has 246 valence electrons. The number of Topliss-reactive ketones (excluding diaryl/α,β-unsaturated/α-hetero) is 2. The number of carbonyl (C=O) groups is 2. The molecular formula is C36H41ClN8O2Zn. The molecule has 4 heterocycles. The zero-order valence-corrected chi connectivity index (χ0v) is 31.5. The Hall–Kier alpha value is -4.31. The zero-order valence-electron chi connectivity index (χ0n) is 27.8. The number of aromatic nitrogens is 6. The minimum Gasteiger partial charge on any atom is -0.512 e. The smallest absolute Gasteiger partial charge is 0.512 e. The van der Waals surface area contributed by atoms with Gasteiger partial charge in [-0.1, -0.05) is 19.0 Å². The molecule has 2 aliphatic rings. The van der Waals surface area contributed by atoms with Gasteiger partial charge in [0.1, 0.15) is 16.8 Å². The van der Waals surface area contributed by atoms with Gasteiger partial charge in [0.15, 0.2) is 11.6 Å². The van der Waals surface area contributed by atoms with Crippen LogP contribution in [0.5, 0.6) is 0 Å². The topological polar surface area (TPSA) is 159 Å². The van der Waals surface area contributed by atoms with Gasteiger partial charge in [0.05, 0.1) is 33.6 Å². The molecule has 4 aromatic heterocycles. The number of ketones is 2. The third kappa shape index (κ3) is 8.58. The molecule has 0 bridgehead atoms. The van der Waals surface area contributed by atoms with Gasteiger partial charge in [0.25, 0.3) is 0 Å². The molecule has 0 aromatic carbocycles. The first-order chi connectivity index (χ1) is 21.8. The average Bonchev–Trinajstić information content (AvgIpc) is 3.02. The van der Waals surface area contributed by atoms with Crippen molar-refractivity contribution in [2.75, 3.05) is 0 Å². The number of carbonyl (C=O) groups excluding carboxylic acids is 2. The largest absolute Gasteiger partial charge is 2.00 e. The van der Waals surface area contributed by atoms with Gasteiger partial charge in [0, 0.05) is 29.6 Å². The van der Waals surface area contributed by atoms with E-state index in [4.69, 9.17) is 35.3 Å². The fraction of sp³-hybridized carbons (Fsp3) is 0.389. The Balaban J connectivity index is 0.000000809. The van der Waals surface area contributed by atoms with E-state index in [1.807, 2.05) is 72.7 Å². The van der Waals surface area contributed by atoms with Crippen molar-refractivity contribution in [3.05, 3.63) is 117 Å². The number of hydrogen-bond donors (Lipinski definition) is 0. The first kappa shape index (κ1) is 41.7. The number of fused-ring (bicyclic) bond motifs is 2. The molecule has 0 saturated heterocycles. The standard InChI is InChI=1S/C17H19N3O.C16H16ClN3O.2CN.CH4.Zn.H2/c1-10-5-6-13-14(19-10)7-8-17(4,16(13)21)15-9-11(2)18-12(3)20-15;1-9-8-13(19-10(2)18-9)16(3)7-6-12-11(15(16)21)4-5-14(17)20-12;2*1-2;;;/h5-6,9H,7-8H2,1-4H3;4-5,8H,6-7H2,1-3H3;;;1H4;;1H/q;;2*-1;;+2;/i;;;;;;1+1. The maximum Gasteiger partial charge on any atom is 2.00 e. The number of nitrogens with zero attached hydrogens (tertiary/aromatic N) is 8. The third-order valence-corrected chi connectivity index (χ3v) is 8.54. The summed E-state index contributed by atoms with van der Waals surface area (Å²) in [6.45, 7) is 23.0. The van der Waals surface area contributed by atoms with Crippen molar-refractivity contribution < 1.29 is 30.5 Å². The molecule has 0 spiro atoms. The maximum absolute atomic E-state index is 13.0. The van der Waals surface area contributed by atoms with E-state index >= 15 is 0 Å². The molecule has 6 rings (SSSR count). The van der Waals surface area contributed by atoms with Crippen LogP contribution in [0.25, 0.3) is 0 Å². The van der Waals surface area contributed by atoms with Crippen LogP contribution < -0.4 is 0 Å². The normalized spacial score (nSPS) is 18.7. The summed E-state index contributed by atoms with van der Waals surface area (Å²) >= 11 is 5.91. The van der Waals surface area contributed by atoms with Crippen molar-refractivity contribution in [1.82, 2.24) is 29.9 Å². The summed E-state index contributed by atoms with van der Waals surface area (Å²) in [7, 11) is 0. The van der Waals surface area contributed by atoms with Crippen LogP contribution in [0, 0.1) is 58.3 Å². The average molecular weight is 720 g/mol. The Morgan fingerprint density at radius 1 is 0.646 bits per heavy atom. The molecule has 2 aliphatic carbocycles. The predicted octanol–water partition coefficient (Wildman–Crippen LogP) is 7.18. The minimum atomic E-state index is -0.624. The molecule has 48 heavy (non-hydrogen) atoms. The fourth-order valence-electron chi connectivity index (χ4n) is 5.93. The summed E-state index contributed by atoms with van der Waals surface area (Å²) in [6, 6.07) is 11.1. The molecule has 10 nitrogen and oxygen atoms in total. The first-order valence-corrected chi connectivity index (χ1v) is 15.0. The van der Waals surface area contributed by atoms with E-state index in [0.29, 0.717) is 28.8 Å². The van der Waals surface area contributed by atoms with Gasteiger partial charge in [-0.3, -0.25) is 14.6 Å². The monoisotopic (exact) mass is 717 g/mol. The molecule has 0 radical (unpaired) electrons. The summed E-state index contributed by atoms with van der Waals surface area (Å²) in [5.74, 6) is 1.59. The fourth-order valence-corrected chi connectivity index (χ4v) is 6.09. The molecule has 12 heteroatoms. The quantitative estimate of drug-likeness (QED) is 0.118. The Morgan fingerprint density at radius 3 is 1.46 bits per heavy atom. The van der Waals surface area contributed by atoms with Crippen molar-refractivity contribution in [2.24, 2.45) is 0 Å². The first-order valence-electron chi connectivity index (χ1n) is 14.6. The summed E-state index contributed by atoms with van der Waals surface area (Å²) < 4.78 is 0. The van der Waals surface area contributed by atoms with Gasteiger partial charge in [-0.15, -0.1) is 0 Å². The van der Waals surface area contributed by atoms with Crippen molar-refractivity contribution >= 4 is 23.2 Å².